The summed E-state index contributed by atoms with van der Waals surface area (Å²) in [5.41, 5.74) is 0.488. The van der Waals surface area contributed by atoms with Crippen LogP contribution in [0.25, 0.3) is 0 Å². The van der Waals surface area contributed by atoms with Crippen LogP contribution >= 0.6 is 0 Å². The van der Waals surface area contributed by atoms with Crippen LogP contribution in [-0.2, 0) is 4.43 Å². The minimum atomic E-state index is -3.09. The Labute approximate surface area is 121 Å². The Morgan fingerprint density at radius 3 is 2.05 bits per heavy atom. The van der Waals surface area contributed by atoms with E-state index in [1.807, 2.05) is 33.9 Å². The third-order valence-electron chi connectivity index (χ3n) is 3.94. The Morgan fingerprint density at radius 2 is 1.65 bits per heavy atom. The molecule has 112 valence electrons. The largest absolute Gasteiger partial charge is 0.404 e. The average molecular weight is 298 g/mol. The van der Waals surface area contributed by atoms with Gasteiger partial charge in [0.25, 0.3) is 5.92 Å². The number of hydrogen-bond acceptors (Lipinski definition) is 1. The summed E-state index contributed by atoms with van der Waals surface area (Å²) >= 11 is 0. The Kier molecular flexibility index (Phi) is 4.93. The summed E-state index contributed by atoms with van der Waals surface area (Å²) in [6.45, 7) is 13.3. The number of rotatable bonds is 5. The lowest BCUT2D eigenvalue weighted by molar-refractivity contribution is -0.0638. The highest BCUT2D eigenvalue weighted by molar-refractivity contribution is 6.74. The molecule has 1 nitrogen and oxygen atoms in total. The van der Waals surface area contributed by atoms with Crippen LogP contribution in [0.2, 0.25) is 18.1 Å². The van der Waals surface area contributed by atoms with Gasteiger partial charge < -0.3 is 4.43 Å². The van der Waals surface area contributed by atoms with E-state index < -0.39 is 20.3 Å². The molecule has 1 unspecified atom stereocenters. The summed E-state index contributed by atoms with van der Waals surface area (Å²) < 4.78 is 34.4. The summed E-state index contributed by atoms with van der Waals surface area (Å²) in [5, 5.41) is -0.128. The maximum atomic E-state index is 14.2. The molecule has 1 atom stereocenters. The number of alkyl halides is 2. The SMILES string of the molecule is C=CC(F)(F)C(O[Si](C)(C)C(C)(C)C)c1ccccc1. The fraction of sp³-hybridized carbons (Fsp3) is 0.500. The van der Waals surface area contributed by atoms with Crippen molar-refractivity contribution < 1.29 is 13.2 Å². The quantitative estimate of drug-likeness (QED) is 0.510. The Bertz CT molecular complexity index is 449. The van der Waals surface area contributed by atoms with Crippen molar-refractivity contribution in [3.63, 3.8) is 0 Å². The van der Waals surface area contributed by atoms with E-state index in [-0.39, 0.29) is 5.04 Å². The molecule has 1 rings (SSSR count). The molecule has 0 saturated heterocycles. The molecule has 0 saturated carbocycles. The van der Waals surface area contributed by atoms with Crippen LogP contribution in [-0.4, -0.2) is 14.2 Å². The van der Waals surface area contributed by atoms with E-state index in [0.717, 1.165) is 0 Å². The monoisotopic (exact) mass is 298 g/mol. The van der Waals surface area contributed by atoms with Crippen molar-refractivity contribution in [1.82, 2.24) is 0 Å². The molecule has 0 N–H and O–H groups in total. The van der Waals surface area contributed by atoms with Crippen LogP contribution in [0.4, 0.5) is 8.78 Å². The Balaban J connectivity index is 3.18. The van der Waals surface area contributed by atoms with Gasteiger partial charge in [-0.3, -0.25) is 0 Å². The van der Waals surface area contributed by atoms with E-state index in [2.05, 4.69) is 6.58 Å². The molecule has 0 heterocycles. The first-order valence-corrected chi connectivity index (χ1v) is 9.66. The summed E-state index contributed by atoms with van der Waals surface area (Å²) in [7, 11) is -2.30. The standard InChI is InChI=1S/C16H24F2OSi/c1-7-16(17,18)14(13-11-9-8-10-12-13)19-20(5,6)15(2,3)4/h7-12,14H,1H2,2-6H3. The van der Waals surface area contributed by atoms with Gasteiger partial charge in [0, 0.05) is 0 Å². The minimum Gasteiger partial charge on any atom is -0.404 e. The molecule has 0 bridgehead atoms. The van der Waals surface area contributed by atoms with Crippen molar-refractivity contribution in [2.75, 3.05) is 0 Å². The number of benzene rings is 1. The van der Waals surface area contributed by atoms with Gasteiger partial charge in [0.15, 0.2) is 8.32 Å². The lowest BCUT2D eigenvalue weighted by Gasteiger charge is -2.40. The molecule has 0 radical (unpaired) electrons. The topological polar surface area (TPSA) is 9.23 Å². The second kappa shape index (κ2) is 5.78. The van der Waals surface area contributed by atoms with Crippen LogP contribution in [0.1, 0.15) is 32.4 Å². The first kappa shape index (κ1) is 17.0. The lowest BCUT2D eigenvalue weighted by atomic mass is 10.0. The van der Waals surface area contributed by atoms with E-state index in [1.54, 1.807) is 30.3 Å². The Morgan fingerprint density at radius 1 is 1.15 bits per heavy atom. The van der Waals surface area contributed by atoms with Gasteiger partial charge in [0.1, 0.15) is 6.10 Å². The molecule has 0 aromatic heterocycles. The molecular weight excluding hydrogens is 274 g/mol. The van der Waals surface area contributed by atoms with Crippen LogP contribution < -0.4 is 0 Å². The van der Waals surface area contributed by atoms with Crippen LogP contribution in [0.3, 0.4) is 0 Å². The van der Waals surface area contributed by atoms with Crippen molar-refractivity contribution in [3.8, 4) is 0 Å². The fourth-order valence-electron chi connectivity index (χ4n) is 1.58. The van der Waals surface area contributed by atoms with Gasteiger partial charge in [-0.25, -0.2) is 0 Å². The van der Waals surface area contributed by atoms with E-state index in [4.69, 9.17) is 4.43 Å². The minimum absolute atomic E-state index is 0.128. The van der Waals surface area contributed by atoms with Crippen molar-refractivity contribution in [1.29, 1.82) is 0 Å². The molecular formula is C16H24F2OSi. The maximum Gasteiger partial charge on any atom is 0.294 e. The van der Waals surface area contributed by atoms with E-state index in [1.165, 1.54) is 0 Å². The molecule has 0 aliphatic rings. The zero-order valence-electron chi connectivity index (χ0n) is 12.9. The number of hydrogen-bond donors (Lipinski definition) is 0. The molecule has 1 aromatic carbocycles. The maximum absolute atomic E-state index is 14.2. The van der Waals surface area contributed by atoms with E-state index in [0.29, 0.717) is 11.6 Å². The fourth-order valence-corrected chi connectivity index (χ4v) is 2.81. The highest BCUT2D eigenvalue weighted by Gasteiger charge is 2.46. The molecule has 1 aromatic rings. The van der Waals surface area contributed by atoms with Crippen molar-refractivity contribution >= 4 is 8.32 Å². The average Bonchev–Trinajstić information content (AvgIpc) is 2.35. The van der Waals surface area contributed by atoms with E-state index in [9.17, 15) is 8.78 Å². The van der Waals surface area contributed by atoms with Crippen LogP contribution in [0.5, 0.6) is 0 Å². The van der Waals surface area contributed by atoms with Gasteiger partial charge in [-0.05, 0) is 29.8 Å². The van der Waals surface area contributed by atoms with Crippen LogP contribution in [0, 0.1) is 0 Å². The summed E-state index contributed by atoms with van der Waals surface area (Å²) in [4.78, 5) is 0. The first-order valence-electron chi connectivity index (χ1n) is 6.75. The third-order valence-corrected chi connectivity index (χ3v) is 8.38. The second-order valence-corrected chi connectivity index (χ2v) is 11.3. The predicted molar refractivity (Wildman–Crippen MR) is 82.6 cm³/mol. The molecule has 0 fully saturated rings. The summed E-state index contributed by atoms with van der Waals surface area (Å²) in [5.74, 6) is -3.09. The molecule has 20 heavy (non-hydrogen) atoms. The Hall–Kier alpha value is -1.00. The number of halogens is 2. The summed E-state index contributed by atoms with van der Waals surface area (Å²) in [6.07, 6.45) is -0.597. The predicted octanol–water partition coefficient (Wildman–Crippen LogP) is 5.57. The highest BCUT2D eigenvalue weighted by Crippen LogP contribution is 2.44. The van der Waals surface area contributed by atoms with Gasteiger partial charge in [-0.1, -0.05) is 57.7 Å². The van der Waals surface area contributed by atoms with Gasteiger partial charge in [-0.2, -0.15) is 8.78 Å². The van der Waals surface area contributed by atoms with Crippen LogP contribution in [0.15, 0.2) is 43.0 Å². The third kappa shape index (κ3) is 3.76. The molecule has 0 aliphatic carbocycles. The molecule has 0 spiro atoms. The highest BCUT2D eigenvalue weighted by atomic mass is 28.4. The van der Waals surface area contributed by atoms with E-state index >= 15 is 0 Å². The van der Waals surface area contributed by atoms with Gasteiger partial charge >= 0.3 is 0 Å². The molecule has 0 amide bonds. The molecule has 0 aliphatic heterocycles. The first-order chi connectivity index (χ1) is 9.01. The second-order valence-electron chi connectivity index (χ2n) is 6.55. The zero-order valence-corrected chi connectivity index (χ0v) is 13.9. The smallest absolute Gasteiger partial charge is 0.294 e. The van der Waals surface area contributed by atoms with Crippen molar-refractivity contribution in [2.45, 2.75) is 50.9 Å². The van der Waals surface area contributed by atoms with Crippen molar-refractivity contribution in [3.05, 3.63) is 48.6 Å². The van der Waals surface area contributed by atoms with Gasteiger partial charge in [0.05, 0.1) is 0 Å². The van der Waals surface area contributed by atoms with Crippen molar-refractivity contribution in [2.24, 2.45) is 0 Å². The zero-order chi connectivity index (χ0) is 15.6. The normalized spacial score (nSPS) is 14.9. The lowest BCUT2D eigenvalue weighted by Crippen LogP contribution is -2.45. The summed E-state index contributed by atoms with van der Waals surface area (Å²) in [6, 6.07) is 8.65. The molecule has 4 heteroatoms. The van der Waals surface area contributed by atoms with Gasteiger partial charge in [-0.15, -0.1) is 0 Å². The van der Waals surface area contributed by atoms with Gasteiger partial charge in [0.2, 0.25) is 0 Å².